The number of carbonyl (C=O) groups excluding carboxylic acids is 1. The number of hydrogen-bond acceptors (Lipinski definition) is 4. The highest BCUT2D eigenvalue weighted by molar-refractivity contribution is 5.76. The zero-order valence-electron chi connectivity index (χ0n) is 15.3. The molecule has 1 aliphatic rings. The van der Waals surface area contributed by atoms with Gasteiger partial charge in [-0.3, -0.25) is 4.79 Å². The third-order valence-corrected chi connectivity index (χ3v) is 4.87. The summed E-state index contributed by atoms with van der Waals surface area (Å²) in [6.07, 6.45) is 3.68. The van der Waals surface area contributed by atoms with Crippen LogP contribution in [0.4, 0.5) is 0 Å². The lowest BCUT2D eigenvalue weighted by molar-refractivity contribution is -0.123. The lowest BCUT2D eigenvalue weighted by Gasteiger charge is -2.29. The maximum atomic E-state index is 12.4. The Labute approximate surface area is 145 Å². The van der Waals surface area contributed by atoms with Crippen molar-refractivity contribution in [3.63, 3.8) is 0 Å². The Hall–Kier alpha value is -1.75. The summed E-state index contributed by atoms with van der Waals surface area (Å²) in [6, 6.07) is 5.83. The molecule has 5 nitrogen and oxygen atoms in total. The molecule has 1 aliphatic heterocycles. The molecule has 2 rings (SSSR count). The van der Waals surface area contributed by atoms with Gasteiger partial charge in [-0.25, -0.2) is 0 Å². The van der Waals surface area contributed by atoms with Crippen LogP contribution in [0, 0.1) is 5.92 Å². The monoisotopic (exact) mass is 334 g/mol. The standard InChI is InChI=1S/C19H30N2O3/c1-5-16(15-6-7-17(23-3)18(13-15)24-4)20-19(22)12-14-8-10-21(2)11-9-14/h6-7,13-14,16H,5,8-12H2,1-4H3,(H,20,22). The molecule has 1 heterocycles. The zero-order valence-corrected chi connectivity index (χ0v) is 15.3. The van der Waals surface area contributed by atoms with Crippen LogP contribution in [-0.2, 0) is 4.79 Å². The fourth-order valence-corrected chi connectivity index (χ4v) is 3.27. The molecule has 1 aromatic rings. The van der Waals surface area contributed by atoms with Gasteiger partial charge < -0.3 is 19.7 Å². The van der Waals surface area contributed by atoms with Gasteiger partial charge in [0, 0.05) is 6.42 Å². The fraction of sp³-hybridized carbons (Fsp3) is 0.632. The minimum atomic E-state index is 0.00331. The second kappa shape index (κ2) is 8.92. The van der Waals surface area contributed by atoms with Crippen molar-refractivity contribution < 1.29 is 14.3 Å². The minimum absolute atomic E-state index is 0.00331. The number of rotatable bonds is 7. The van der Waals surface area contributed by atoms with Crippen molar-refractivity contribution in [2.45, 2.75) is 38.6 Å². The topological polar surface area (TPSA) is 50.8 Å². The maximum Gasteiger partial charge on any atom is 0.220 e. The highest BCUT2D eigenvalue weighted by Crippen LogP contribution is 2.31. The highest BCUT2D eigenvalue weighted by atomic mass is 16.5. The molecule has 0 saturated carbocycles. The van der Waals surface area contributed by atoms with Crippen LogP contribution in [0.3, 0.4) is 0 Å². The van der Waals surface area contributed by atoms with Gasteiger partial charge in [0.2, 0.25) is 5.91 Å². The van der Waals surface area contributed by atoms with Crippen molar-refractivity contribution in [3.05, 3.63) is 23.8 Å². The molecule has 0 radical (unpaired) electrons. The average Bonchev–Trinajstić information content (AvgIpc) is 2.61. The van der Waals surface area contributed by atoms with Crippen LogP contribution >= 0.6 is 0 Å². The summed E-state index contributed by atoms with van der Waals surface area (Å²) in [5.74, 6) is 2.04. The van der Waals surface area contributed by atoms with E-state index in [1.54, 1.807) is 14.2 Å². The lowest BCUT2D eigenvalue weighted by Crippen LogP contribution is -2.34. The number of hydrogen-bond donors (Lipinski definition) is 1. The van der Waals surface area contributed by atoms with Crippen molar-refractivity contribution in [3.8, 4) is 11.5 Å². The zero-order chi connectivity index (χ0) is 17.5. The summed E-state index contributed by atoms with van der Waals surface area (Å²) in [5.41, 5.74) is 1.05. The summed E-state index contributed by atoms with van der Waals surface area (Å²) in [5, 5.41) is 3.18. The number of methoxy groups -OCH3 is 2. The first-order chi connectivity index (χ1) is 11.6. The highest BCUT2D eigenvalue weighted by Gasteiger charge is 2.21. The van der Waals surface area contributed by atoms with Gasteiger partial charge in [0.1, 0.15) is 0 Å². The molecule has 0 spiro atoms. The van der Waals surface area contributed by atoms with Crippen LogP contribution in [0.1, 0.15) is 44.2 Å². The molecular formula is C19H30N2O3. The number of nitrogens with zero attached hydrogens (tertiary/aromatic N) is 1. The Morgan fingerprint density at radius 2 is 1.92 bits per heavy atom. The Morgan fingerprint density at radius 1 is 1.25 bits per heavy atom. The molecule has 5 heteroatoms. The van der Waals surface area contributed by atoms with Gasteiger partial charge in [-0.2, -0.15) is 0 Å². The van der Waals surface area contributed by atoms with Crippen LogP contribution in [0.5, 0.6) is 11.5 Å². The van der Waals surface area contributed by atoms with E-state index in [-0.39, 0.29) is 11.9 Å². The molecule has 1 amide bonds. The van der Waals surface area contributed by atoms with E-state index in [2.05, 4.69) is 24.2 Å². The number of amides is 1. The van der Waals surface area contributed by atoms with Crippen LogP contribution in [0.25, 0.3) is 0 Å². The predicted molar refractivity (Wildman–Crippen MR) is 95.6 cm³/mol. The Bertz CT molecular complexity index is 539. The Kier molecular flexibility index (Phi) is 6.91. The minimum Gasteiger partial charge on any atom is -0.493 e. The van der Waals surface area contributed by atoms with Gasteiger partial charge in [0.15, 0.2) is 11.5 Å². The number of likely N-dealkylation sites (tertiary alicyclic amines) is 1. The van der Waals surface area contributed by atoms with Crippen LogP contribution in [0.15, 0.2) is 18.2 Å². The number of nitrogens with one attached hydrogen (secondary N) is 1. The first-order valence-electron chi connectivity index (χ1n) is 8.77. The second-order valence-corrected chi connectivity index (χ2v) is 6.59. The molecule has 0 aromatic heterocycles. The molecule has 1 aromatic carbocycles. The van der Waals surface area contributed by atoms with Crippen LogP contribution in [0.2, 0.25) is 0 Å². The number of piperidine rings is 1. The van der Waals surface area contributed by atoms with Gasteiger partial charge in [0.05, 0.1) is 20.3 Å². The van der Waals surface area contributed by atoms with Crippen molar-refractivity contribution in [2.75, 3.05) is 34.4 Å². The third kappa shape index (κ3) is 4.87. The average molecular weight is 334 g/mol. The van der Waals surface area contributed by atoms with E-state index in [0.717, 1.165) is 37.9 Å². The summed E-state index contributed by atoms with van der Waals surface area (Å²) >= 11 is 0. The van der Waals surface area contributed by atoms with Gasteiger partial charge in [0.25, 0.3) is 0 Å². The van der Waals surface area contributed by atoms with Crippen molar-refractivity contribution in [2.24, 2.45) is 5.92 Å². The number of carbonyl (C=O) groups is 1. The molecule has 134 valence electrons. The summed E-state index contributed by atoms with van der Waals surface area (Å²) in [6.45, 7) is 4.26. The van der Waals surface area contributed by atoms with Crippen LogP contribution in [-0.4, -0.2) is 45.2 Å². The Balaban J connectivity index is 1.97. The second-order valence-electron chi connectivity index (χ2n) is 6.59. The quantitative estimate of drug-likeness (QED) is 0.833. The first kappa shape index (κ1) is 18.6. The molecule has 0 bridgehead atoms. The molecule has 1 saturated heterocycles. The van der Waals surface area contributed by atoms with E-state index in [1.165, 1.54) is 0 Å². The van der Waals surface area contributed by atoms with Crippen molar-refractivity contribution in [1.82, 2.24) is 10.2 Å². The predicted octanol–water partition coefficient (Wildman–Crippen LogP) is 3.00. The SMILES string of the molecule is CCC(NC(=O)CC1CCN(C)CC1)c1ccc(OC)c(OC)c1. The maximum absolute atomic E-state index is 12.4. The summed E-state index contributed by atoms with van der Waals surface area (Å²) in [4.78, 5) is 14.8. The first-order valence-corrected chi connectivity index (χ1v) is 8.77. The lowest BCUT2D eigenvalue weighted by atomic mass is 9.93. The molecule has 1 fully saturated rings. The van der Waals surface area contributed by atoms with Gasteiger partial charge in [-0.1, -0.05) is 13.0 Å². The molecule has 0 aliphatic carbocycles. The number of benzene rings is 1. The molecule has 1 N–H and O–H groups in total. The molecule has 24 heavy (non-hydrogen) atoms. The van der Waals surface area contributed by atoms with Gasteiger partial charge in [-0.15, -0.1) is 0 Å². The fourth-order valence-electron chi connectivity index (χ4n) is 3.27. The third-order valence-electron chi connectivity index (χ3n) is 4.87. The van der Waals surface area contributed by atoms with E-state index >= 15 is 0 Å². The van der Waals surface area contributed by atoms with E-state index in [0.29, 0.717) is 23.8 Å². The van der Waals surface area contributed by atoms with Gasteiger partial charge in [-0.05, 0) is 63.0 Å². The van der Waals surface area contributed by atoms with Crippen molar-refractivity contribution >= 4 is 5.91 Å². The summed E-state index contributed by atoms with van der Waals surface area (Å²) < 4.78 is 10.6. The molecular weight excluding hydrogens is 304 g/mol. The largest absolute Gasteiger partial charge is 0.493 e. The van der Waals surface area contributed by atoms with Gasteiger partial charge >= 0.3 is 0 Å². The normalized spacial score (nSPS) is 17.3. The van der Waals surface area contributed by atoms with Crippen molar-refractivity contribution in [1.29, 1.82) is 0 Å². The smallest absolute Gasteiger partial charge is 0.220 e. The van der Waals surface area contributed by atoms with Crippen LogP contribution < -0.4 is 14.8 Å². The van der Waals surface area contributed by atoms with E-state index in [4.69, 9.17) is 9.47 Å². The van der Waals surface area contributed by atoms with E-state index in [1.807, 2.05) is 18.2 Å². The van der Waals surface area contributed by atoms with E-state index < -0.39 is 0 Å². The Morgan fingerprint density at radius 3 is 2.50 bits per heavy atom. The van der Waals surface area contributed by atoms with E-state index in [9.17, 15) is 4.79 Å². The number of ether oxygens (including phenoxy) is 2. The molecule has 1 atom stereocenters. The molecule has 1 unspecified atom stereocenters. The summed E-state index contributed by atoms with van der Waals surface area (Å²) in [7, 11) is 5.39.